The highest BCUT2D eigenvalue weighted by Crippen LogP contribution is 2.26. The summed E-state index contributed by atoms with van der Waals surface area (Å²) in [7, 11) is 1.90. The van der Waals surface area contributed by atoms with Crippen LogP contribution < -0.4 is 10.6 Å². The van der Waals surface area contributed by atoms with Crippen molar-refractivity contribution in [2.45, 2.75) is 6.42 Å². The van der Waals surface area contributed by atoms with Crippen LogP contribution in [0.2, 0.25) is 10.0 Å². The standard InChI is InChI=1S/C19H17Cl2N7/c1-28(8-7-11-3-2-4-14(20)16(11)21)19-25-17(24-18(22)26-19)12-5-6-13-10-23-27-15(13)9-12/h2-6,9-10H,7-8H2,1H3,(H,23,27)(H2,22,24,25,26). The van der Waals surface area contributed by atoms with Crippen LogP contribution in [0.5, 0.6) is 0 Å². The molecule has 0 saturated carbocycles. The highest BCUT2D eigenvalue weighted by molar-refractivity contribution is 6.42. The van der Waals surface area contributed by atoms with Crippen LogP contribution in [-0.4, -0.2) is 38.7 Å². The van der Waals surface area contributed by atoms with E-state index in [-0.39, 0.29) is 5.95 Å². The van der Waals surface area contributed by atoms with Crippen molar-refractivity contribution in [2.24, 2.45) is 0 Å². The van der Waals surface area contributed by atoms with Crippen molar-refractivity contribution in [3.63, 3.8) is 0 Å². The minimum Gasteiger partial charge on any atom is -0.368 e. The SMILES string of the molecule is CN(CCc1cccc(Cl)c1Cl)c1nc(N)nc(-c2ccc3cn[nH]c3c2)n1. The van der Waals surface area contributed by atoms with E-state index < -0.39 is 0 Å². The molecule has 2 heterocycles. The van der Waals surface area contributed by atoms with Gasteiger partial charge >= 0.3 is 0 Å². The van der Waals surface area contributed by atoms with Crippen molar-refractivity contribution >= 4 is 46.0 Å². The first kappa shape index (κ1) is 18.5. The Kier molecular flexibility index (Phi) is 5.02. The van der Waals surface area contributed by atoms with Gasteiger partial charge in [0.1, 0.15) is 0 Å². The van der Waals surface area contributed by atoms with Crippen molar-refractivity contribution < 1.29 is 0 Å². The van der Waals surface area contributed by atoms with Gasteiger partial charge in [-0.05, 0) is 24.1 Å². The molecule has 142 valence electrons. The minimum atomic E-state index is 0.164. The third-order valence-electron chi connectivity index (χ3n) is 4.43. The van der Waals surface area contributed by atoms with E-state index in [9.17, 15) is 0 Å². The summed E-state index contributed by atoms with van der Waals surface area (Å²) in [5.41, 5.74) is 8.63. The number of aromatic amines is 1. The molecule has 7 nitrogen and oxygen atoms in total. The predicted molar refractivity (Wildman–Crippen MR) is 113 cm³/mol. The number of hydrogen-bond acceptors (Lipinski definition) is 6. The quantitative estimate of drug-likeness (QED) is 0.513. The largest absolute Gasteiger partial charge is 0.368 e. The van der Waals surface area contributed by atoms with E-state index in [1.165, 1.54) is 0 Å². The van der Waals surface area contributed by atoms with Gasteiger partial charge in [-0.2, -0.15) is 20.1 Å². The lowest BCUT2D eigenvalue weighted by molar-refractivity contribution is 0.833. The van der Waals surface area contributed by atoms with Crippen molar-refractivity contribution in [1.29, 1.82) is 0 Å². The van der Waals surface area contributed by atoms with Gasteiger partial charge in [0.05, 0.1) is 21.8 Å². The van der Waals surface area contributed by atoms with Gasteiger partial charge in [-0.25, -0.2) is 0 Å². The summed E-state index contributed by atoms with van der Waals surface area (Å²) in [6.45, 7) is 0.641. The van der Waals surface area contributed by atoms with Crippen LogP contribution >= 0.6 is 23.2 Å². The molecule has 28 heavy (non-hydrogen) atoms. The van der Waals surface area contributed by atoms with Crippen molar-refractivity contribution in [3.8, 4) is 11.4 Å². The fourth-order valence-corrected chi connectivity index (χ4v) is 3.30. The van der Waals surface area contributed by atoms with Gasteiger partial charge in [-0.3, -0.25) is 5.10 Å². The second kappa shape index (κ2) is 7.61. The summed E-state index contributed by atoms with van der Waals surface area (Å²) >= 11 is 12.4. The van der Waals surface area contributed by atoms with Crippen LogP contribution in [0.1, 0.15) is 5.56 Å². The monoisotopic (exact) mass is 413 g/mol. The number of likely N-dealkylation sites (N-methyl/N-ethyl adjacent to an activating group) is 1. The van der Waals surface area contributed by atoms with E-state index in [1.54, 1.807) is 12.3 Å². The Morgan fingerprint density at radius 3 is 2.82 bits per heavy atom. The van der Waals surface area contributed by atoms with Crippen molar-refractivity contribution in [1.82, 2.24) is 25.1 Å². The second-order valence-corrected chi connectivity index (χ2v) is 7.16. The lowest BCUT2D eigenvalue weighted by atomic mass is 10.1. The number of H-pyrrole nitrogens is 1. The highest BCUT2D eigenvalue weighted by Gasteiger charge is 2.13. The third-order valence-corrected chi connectivity index (χ3v) is 5.29. The van der Waals surface area contributed by atoms with Gasteiger partial charge in [-0.15, -0.1) is 0 Å². The zero-order chi connectivity index (χ0) is 19.7. The van der Waals surface area contributed by atoms with E-state index in [4.69, 9.17) is 28.9 Å². The van der Waals surface area contributed by atoms with Gasteiger partial charge in [0.2, 0.25) is 11.9 Å². The number of nitrogens with one attached hydrogen (secondary N) is 1. The van der Waals surface area contributed by atoms with Crippen LogP contribution in [0.4, 0.5) is 11.9 Å². The number of anilines is 2. The Balaban J connectivity index is 1.58. The number of nitrogens with zero attached hydrogens (tertiary/aromatic N) is 5. The molecule has 0 aliphatic rings. The van der Waals surface area contributed by atoms with Gasteiger partial charge in [0.15, 0.2) is 5.82 Å². The normalized spacial score (nSPS) is 11.1. The Hall–Kier alpha value is -2.90. The van der Waals surface area contributed by atoms with Crippen LogP contribution in [0, 0.1) is 0 Å². The molecule has 0 atom stereocenters. The minimum absolute atomic E-state index is 0.164. The molecule has 0 fully saturated rings. The van der Waals surface area contributed by atoms with Crippen LogP contribution in [0.25, 0.3) is 22.3 Å². The number of nitrogens with two attached hydrogens (primary N) is 1. The topological polar surface area (TPSA) is 96.6 Å². The molecule has 0 radical (unpaired) electrons. The first-order valence-corrected chi connectivity index (χ1v) is 9.36. The predicted octanol–water partition coefficient (Wildman–Crippen LogP) is 3.98. The van der Waals surface area contributed by atoms with Crippen LogP contribution in [0.15, 0.2) is 42.6 Å². The number of rotatable bonds is 5. The molecule has 4 aromatic rings. The van der Waals surface area contributed by atoms with Crippen LogP contribution in [0.3, 0.4) is 0 Å². The second-order valence-electron chi connectivity index (χ2n) is 6.37. The van der Waals surface area contributed by atoms with E-state index in [1.807, 2.05) is 42.3 Å². The zero-order valence-corrected chi connectivity index (χ0v) is 16.5. The molecule has 4 rings (SSSR count). The van der Waals surface area contributed by atoms with Gasteiger partial charge in [0.25, 0.3) is 0 Å². The third kappa shape index (κ3) is 3.72. The van der Waals surface area contributed by atoms with E-state index >= 15 is 0 Å². The number of hydrogen-bond donors (Lipinski definition) is 2. The summed E-state index contributed by atoms with van der Waals surface area (Å²) in [6.07, 6.45) is 2.46. The average Bonchev–Trinajstić information content (AvgIpc) is 3.16. The lowest BCUT2D eigenvalue weighted by Gasteiger charge is -2.18. The summed E-state index contributed by atoms with van der Waals surface area (Å²) in [4.78, 5) is 15.0. The summed E-state index contributed by atoms with van der Waals surface area (Å²) < 4.78 is 0. The molecule has 0 spiro atoms. The molecule has 0 aliphatic carbocycles. The first-order valence-electron chi connectivity index (χ1n) is 8.60. The fourth-order valence-electron chi connectivity index (χ4n) is 2.89. The highest BCUT2D eigenvalue weighted by atomic mass is 35.5. The van der Waals surface area contributed by atoms with Gasteiger partial charge in [0, 0.05) is 24.5 Å². The summed E-state index contributed by atoms with van der Waals surface area (Å²) in [6, 6.07) is 11.4. The number of nitrogen functional groups attached to an aromatic ring is 1. The van der Waals surface area contributed by atoms with E-state index in [0.29, 0.717) is 34.8 Å². The number of benzene rings is 2. The summed E-state index contributed by atoms with van der Waals surface area (Å²) in [5, 5.41) is 9.11. The van der Waals surface area contributed by atoms with Crippen LogP contribution in [-0.2, 0) is 6.42 Å². The molecular weight excluding hydrogens is 397 g/mol. The number of fused-ring (bicyclic) bond motifs is 1. The molecule has 0 unspecified atom stereocenters. The Morgan fingerprint density at radius 1 is 1.11 bits per heavy atom. The van der Waals surface area contributed by atoms with E-state index in [0.717, 1.165) is 22.0 Å². The zero-order valence-electron chi connectivity index (χ0n) is 15.0. The number of aromatic nitrogens is 5. The van der Waals surface area contributed by atoms with Crippen molar-refractivity contribution in [2.75, 3.05) is 24.2 Å². The molecule has 2 aromatic heterocycles. The number of halogens is 2. The van der Waals surface area contributed by atoms with Gasteiger partial charge in [-0.1, -0.05) is 47.5 Å². The lowest BCUT2D eigenvalue weighted by Crippen LogP contribution is -2.23. The first-order chi connectivity index (χ1) is 13.5. The Morgan fingerprint density at radius 2 is 1.96 bits per heavy atom. The maximum atomic E-state index is 6.27. The van der Waals surface area contributed by atoms with E-state index in [2.05, 4.69) is 25.1 Å². The molecule has 0 amide bonds. The molecule has 0 bridgehead atoms. The maximum absolute atomic E-state index is 6.27. The average molecular weight is 414 g/mol. The molecule has 3 N–H and O–H groups in total. The smallest absolute Gasteiger partial charge is 0.230 e. The Labute approximate surface area is 171 Å². The molecule has 0 aliphatic heterocycles. The van der Waals surface area contributed by atoms with Gasteiger partial charge < -0.3 is 10.6 Å². The van der Waals surface area contributed by atoms with Crippen molar-refractivity contribution in [3.05, 3.63) is 58.2 Å². The fraction of sp³-hybridized carbons (Fsp3) is 0.158. The Bertz CT molecular complexity index is 1140. The molecular formula is C19H17Cl2N7. The maximum Gasteiger partial charge on any atom is 0.230 e. The molecule has 0 saturated heterocycles. The summed E-state index contributed by atoms with van der Waals surface area (Å²) in [5.74, 6) is 1.16. The molecule has 9 heteroatoms. The molecule has 2 aromatic carbocycles.